The first kappa shape index (κ1) is 19.0. The zero-order valence-electron chi connectivity index (χ0n) is 14.9. The van der Waals surface area contributed by atoms with E-state index < -0.39 is 5.91 Å². The summed E-state index contributed by atoms with van der Waals surface area (Å²) in [5, 5.41) is 4.95. The summed E-state index contributed by atoms with van der Waals surface area (Å²) in [5.41, 5.74) is 7.90. The molecule has 2 N–H and O–H groups in total. The Morgan fingerprint density at radius 3 is 2.60 bits per heavy atom. The van der Waals surface area contributed by atoms with Crippen LogP contribution in [-0.4, -0.2) is 21.6 Å². The Morgan fingerprint density at radius 2 is 1.96 bits per heavy atom. The number of hydrazine groups is 1. The van der Waals surface area contributed by atoms with Crippen molar-refractivity contribution in [3.05, 3.63) is 51.8 Å². The Balaban J connectivity index is 1.96. The van der Waals surface area contributed by atoms with Gasteiger partial charge in [-0.1, -0.05) is 31.5 Å². The van der Waals surface area contributed by atoms with Crippen LogP contribution >= 0.6 is 11.6 Å². The average molecular weight is 363 g/mol. The number of nitrogens with zero attached hydrogens (tertiary/aromatic N) is 2. The minimum Gasteiger partial charge on any atom is -0.273 e. The fourth-order valence-corrected chi connectivity index (χ4v) is 2.74. The maximum Gasteiger partial charge on any atom is 0.269 e. The van der Waals surface area contributed by atoms with Crippen molar-refractivity contribution in [3.63, 3.8) is 0 Å². The molecule has 0 saturated heterocycles. The standard InChI is InChI=1S/C18H23ClN4O2/c1-11(2)10-23-13(4)16(12(3)22-23)9-17(24)20-21-18(25)14-6-5-7-15(19)8-14/h5-8,11H,9-10H2,1-4H3,(H,20,24)(H,21,25). The van der Waals surface area contributed by atoms with Gasteiger partial charge in [-0.2, -0.15) is 5.10 Å². The fraction of sp³-hybridized carbons (Fsp3) is 0.389. The lowest BCUT2D eigenvalue weighted by Gasteiger charge is -2.09. The number of aromatic nitrogens is 2. The Morgan fingerprint density at radius 1 is 1.24 bits per heavy atom. The number of carbonyl (C=O) groups excluding carboxylic acids is 2. The minimum atomic E-state index is -0.417. The number of nitrogens with one attached hydrogen (secondary N) is 2. The molecule has 0 aliphatic carbocycles. The number of carbonyl (C=O) groups is 2. The van der Waals surface area contributed by atoms with Crippen LogP contribution in [0.2, 0.25) is 5.02 Å². The van der Waals surface area contributed by atoms with Crippen LogP contribution < -0.4 is 10.9 Å². The maximum absolute atomic E-state index is 12.2. The Kier molecular flexibility index (Phi) is 6.20. The van der Waals surface area contributed by atoms with Gasteiger partial charge >= 0.3 is 0 Å². The molecule has 2 rings (SSSR count). The van der Waals surface area contributed by atoms with E-state index in [1.165, 1.54) is 6.07 Å². The molecule has 0 bridgehead atoms. The number of hydrogen-bond acceptors (Lipinski definition) is 3. The van der Waals surface area contributed by atoms with E-state index >= 15 is 0 Å². The van der Waals surface area contributed by atoms with Crippen LogP contribution in [0.4, 0.5) is 0 Å². The van der Waals surface area contributed by atoms with Gasteiger partial charge in [-0.15, -0.1) is 0 Å². The summed E-state index contributed by atoms with van der Waals surface area (Å²) in [5.74, 6) is -0.248. The van der Waals surface area contributed by atoms with Crippen molar-refractivity contribution < 1.29 is 9.59 Å². The van der Waals surface area contributed by atoms with Gasteiger partial charge in [0.1, 0.15) is 0 Å². The van der Waals surface area contributed by atoms with Crippen molar-refractivity contribution >= 4 is 23.4 Å². The highest BCUT2D eigenvalue weighted by molar-refractivity contribution is 6.30. The first-order valence-electron chi connectivity index (χ1n) is 8.15. The van der Waals surface area contributed by atoms with Gasteiger partial charge in [0, 0.05) is 28.4 Å². The van der Waals surface area contributed by atoms with Crippen LogP contribution in [0.25, 0.3) is 0 Å². The molecule has 0 spiro atoms. The molecule has 25 heavy (non-hydrogen) atoms. The van der Waals surface area contributed by atoms with Gasteiger partial charge in [0.25, 0.3) is 5.91 Å². The third kappa shape index (κ3) is 5.06. The van der Waals surface area contributed by atoms with Gasteiger partial charge in [0.05, 0.1) is 12.1 Å². The van der Waals surface area contributed by atoms with Gasteiger partial charge in [-0.05, 0) is 38.0 Å². The summed E-state index contributed by atoms with van der Waals surface area (Å²) in [6, 6.07) is 6.51. The maximum atomic E-state index is 12.2. The molecule has 6 nitrogen and oxygen atoms in total. The largest absolute Gasteiger partial charge is 0.273 e. The molecule has 7 heteroatoms. The molecule has 0 saturated carbocycles. The highest BCUT2D eigenvalue weighted by Gasteiger charge is 2.16. The van der Waals surface area contributed by atoms with E-state index in [0.29, 0.717) is 16.5 Å². The number of halogens is 1. The van der Waals surface area contributed by atoms with Crippen LogP contribution in [0.15, 0.2) is 24.3 Å². The van der Waals surface area contributed by atoms with Crippen molar-refractivity contribution in [2.45, 2.75) is 40.7 Å². The fourth-order valence-electron chi connectivity index (χ4n) is 2.55. The van der Waals surface area contributed by atoms with Gasteiger partial charge in [0.15, 0.2) is 0 Å². The van der Waals surface area contributed by atoms with Crippen LogP contribution in [-0.2, 0) is 17.8 Å². The van der Waals surface area contributed by atoms with E-state index in [4.69, 9.17) is 11.6 Å². The Bertz CT molecular complexity index is 783. The molecule has 2 amide bonds. The molecular formula is C18H23ClN4O2. The van der Waals surface area contributed by atoms with Crippen molar-refractivity contribution in [2.24, 2.45) is 5.92 Å². The molecule has 0 radical (unpaired) electrons. The van der Waals surface area contributed by atoms with E-state index in [1.54, 1.807) is 18.2 Å². The summed E-state index contributed by atoms with van der Waals surface area (Å²) in [6.07, 6.45) is 0.158. The van der Waals surface area contributed by atoms with Crippen LogP contribution in [0.3, 0.4) is 0 Å². The van der Waals surface area contributed by atoms with E-state index in [9.17, 15) is 9.59 Å². The average Bonchev–Trinajstić information content (AvgIpc) is 2.79. The van der Waals surface area contributed by atoms with Crippen LogP contribution in [0, 0.1) is 19.8 Å². The van der Waals surface area contributed by atoms with Crippen LogP contribution in [0.5, 0.6) is 0 Å². The molecule has 0 aliphatic heterocycles. The molecule has 0 unspecified atom stereocenters. The first-order valence-corrected chi connectivity index (χ1v) is 8.53. The lowest BCUT2D eigenvalue weighted by atomic mass is 10.1. The first-order chi connectivity index (χ1) is 11.8. The summed E-state index contributed by atoms with van der Waals surface area (Å²) >= 11 is 5.86. The zero-order chi connectivity index (χ0) is 18.6. The van der Waals surface area contributed by atoms with Gasteiger partial charge in [0.2, 0.25) is 5.91 Å². The van der Waals surface area contributed by atoms with Crippen molar-refractivity contribution in [1.82, 2.24) is 20.6 Å². The normalized spacial score (nSPS) is 10.8. The molecule has 0 aliphatic rings. The SMILES string of the molecule is Cc1nn(CC(C)C)c(C)c1CC(=O)NNC(=O)c1cccc(Cl)c1. The van der Waals surface area contributed by atoms with E-state index in [2.05, 4.69) is 29.8 Å². The van der Waals surface area contributed by atoms with E-state index in [-0.39, 0.29) is 12.3 Å². The number of benzene rings is 1. The zero-order valence-corrected chi connectivity index (χ0v) is 15.6. The molecule has 2 aromatic rings. The smallest absolute Gasteiger partial charge is 0.269 e. The molecular weight excluding hydrogens is 340 g/mol. The van der Waals surface area contributed by atoms with Crippen LogP contribution in [0.1, 0.15) is 41.2 Å². The molecule has 1 aromatic carbocycles. The second kappa shape index (κ2) is 8.16. The lowest BCUT2D eigenvalue weighted by molar-refractivity contribution is -0.121. The number of aryl methyl sites for hydroxylation is 1. The predicted octanol–water partition coefficient (Wildman–Crippen LogP) is 2.81. The summed E-state index contributed by atoms with van der Waals surface area (Å²) in [4.78, 5) is 24.2. The van der Waals surface area contributed by atoms with Gasteiger partial charge in [-0.25, -0.2) is 0 Å². The number of amides is 2. The summed E-state index contributed by atoms with van der Waals surface area (Å²) < 4.78 is 1.92. The molecule has 134 valence electrons. The molecule has 1 aromatic heterocycles. The predicted molar refractivity (Wildman–Crippen MR) is 97.3 cm³/mol. The van der Waals surface area contributed by atoms with E-state index in [1.807, 2.05) is 18.5 Å². The quantitative estimate of drug-likeness (QED) is 0.803. The second-order valence-electron chi connectivity index (χ2n) is 6.41. The molecule has 1 heterocycles. The third-order valence-corrected chi connectivity index (χ3v) is 4.04. The number of rotatable bonds is 5. The highest BCUT2D eigenvalue weighted by atomic mass is 35.5. The molecule has 0 atom stereocenters. The monoisotopic (exact) mass is 362 g/mol. The van der Waals surface area contributed by atoms with Gasteiger partial charge < -0.3 is 0 Å². The molecule has 0 fully saturated rings. The minimum absolute atomic E-state index is 0.158. The summed E-state index contributed by atoms with van der Waals surface area (Å²) in [7, 11) is 0. The lowest BCUT2D eigenvalue weighted by Crippen LogP contribution is -2.42. The third-order valence-electron chi connectivity index (χ3n) is 3.81. The van der Waals surface area contributed by atoms with Crippen molar-refractivity contribution in [2.75, 3.05) is 0 Å². The second-order valence-corrected chi connectivity index (χ2v) is 6.85. The van der Waals surface area contributed by atoms with Crippen molar-refractivity contribution in [3.8, 4) is 0 Å². The van der Waals surface area contributed by atoms with E-state index in [0.717, 1.165) is 23.5 Å². The van der Waals surface area contributed by atoms with Crippen molar-refractivity contribution in [1.29, 1.82) is 0 Å². The summed E-state index contributed by atoms with van der Waals surface area (Å²) in [6.45, 7) is 8.88. The number of hydrogen-bond donors (Lipinski definition) is 2. The highest BCUT2D eigenvalue weighted by Crippen LogP contribution is 2.15. The Labute approximate surface area is 152 Å². The topological polar surface area (TPSA) is 76.0 Å². The Hall–Kier alpha value is -2.34. The van der Waals surface area contributed by atoms with Gasteiger partial charge in [-0.3, -0.25) is 25.1 Å².